The topological polar surface area (TPSA) is 32.8 Å². The van der Waals surface area contributed by atoms with E-state index >= 15 is 0 Å². The Kier molecular flexibility index (Phi) is 4.99. The Morgan fingerprint density at radius 1 is 0.889 bits per heavy atom. The monoisotopic (exact) mass is 376 g/mol. The molecule has 1 N–H and O–H groups in total. The number of aliphatic hydroxyl groups excluding tert-OH is 1. The van der Waals surface area contributed by atoms with Crippen LogP contribution in [0.1, 0.15) is 78.9 Å². The quantitative estimate of drug-likeness (QED) is 0.698. The molecule has 1 aliphatic carbocycles. The maximum atomic E-state index is 14.5. The molecule has 2 fully saturated rings. The van der Waals surface area contributed by atoms with Crippen LogP contribution in [0.25, 0.3) is 0 Å². The fraction of sp³-hybridized carbons (Fsp3) is 0.455. The second kappa shape index (κ2) is 7.28. The smallest absolute Gasteiger partial charge is 0.165 e. The van der Waals surface area contributed by atoms with Gasteiger partial charge in [0.2, 0.25) is 0 Å². The van der Waals surface area contributed by atoms with Crippen molar-refractivity contribution in [1.29, 1.82) is 0 Å². The molecule has 2 nitrogen and oxygen atoms in total. The summed E-state index contributed by atoms with van der Waals surface area (Å²) >= 11 is 0. The van der Waals surface area contributed by atoms with E-state index in [0.29, 0.717) is 41.7 Å². The van der Waals surface area contributed by atoms with Gasteiger partial charge in [0.15, 0.2) is 11.6 Å². The first-order chi connectivity index (χ1) is 13.0. The zero-order chi connectivity index (χ0) is 19.1. The van der Waals surface area contributed by atoms with Crippen LogP contribution < -0.4 is 0 Å². The van der Waals surface area contributed by atoms with Crippen LogP contribution in [-0.2, 0) is 4.74 Å². The zero-order valence-corrected chi connectivity index (χ0v) is 15.2. The van der Waals surface area contributed by atoms with Crippen molar-refractivity contribution in [2.45, 2.75) is 56.7 Å². The molecule has 1 saturated carbocycles. The molecule has 0 bridgehead atoms. The Balaban J connectivity index is 1.47. The van der Waals surface area contributed by atoms with Gasteiger partial charge in [0.25, 0.3) is 0 Å². The number of hydrogen-bond acceptors (Lipinski definition) is 2. The molecule has 0 radical (unpaired) electrons. The summed E-state index contributed by atoms with van der Waals surface area (Å²) in [4.78, 5) is 0. The van der Waals surface area contributed by atoms with Crippen LogP contribution >= 0.6 is 0 Å². The number of rotatable bonds is 4. The van der Waals surface area contributed by atoms with Gasteiger partial charge in [-0.15, -0.1) is 0 Å². The minimum atomic E-state index is -0.795. The molecule has 2 unspecified atom stereocenters. The van der Waals surface area contributed by atoms with Gasteiger partial charge in [-0.05, 0) is 67.2 Å². The van der Waals surface area contributed by atoms with Crippen LogP contribution in [0.3, 0.4) is 0 Å². The average molecular weight is 376 g/mol. The Labute approximate surface area is 157 Å². The third-order valence-electron chi connectivity index (χ3n) is 5.94. The summed E-state index contributed by atoms with van der Waals surface area (Å²) in [6, 6.07) is 8.19. The second-order valence-electron chi connectivity index (χ2n) is 7.70. The highest BCUT2D eigenvalue weighted by molar-refractivity contribution is 5.33. The lowest BCUT2D eigenvalue weighted by molar-refractivity contribution is 0.198. The molecule has 2 aromatic carbocycles. The van der Waals surface area contributed by atoms with Crippen molar-refractivity contribution >= 4 is 0 Å². The Hall–Kier alpha value is -1.85. The molecule has 1 aliphatic heterocycles. The van der Waals surface area contributed by atoms with Crippen LogP contribution in [-0.4, -0.2) is 11.7 Å². The number of epoxide rings is 1. The summed E-state index contributed by atoms with van der Waals surface area (Å²) in [5, 5.41) is 9.58. The molecular formula is C22H23F3O2. The molecule has 144 valence electrons. The SMILES string of the molecule is CC(O)c1ccc(C2CCC(c3ccc(C4CO4)c(F)c3F)CC2)c(F)c1. The average Bonchev–Trinajstić information content (AvgIpc) is 3.49. The van der Waals surface area contributed by atoms with Gasteiger partial charge in [0.1, 0.15) is 11.9 Å². The lowest BCUT2D eigenvalue weighted by Crippen LogP contribution is -2.15. The molecule has 2 aliphatic rings. The number of benzene rings is 2. The lowest BCUT2D eigenvalue weighted by Gasteiger charge is -2.30. The van der Waals surface area contributed by atoms with Crippen molar-refractivity contribution in [3.63, 3.8) is 0 Å². The fourth-order valence-corrected chi connectivity index (χ4v) is 4.22. The molecular weight excluding hydrogens is 353 g/mol. The number of ether oxygens (including phenoxy) is 1. The molecule has 27 heavy (non-hydrogen) atoms. The number of halogens is 3. The van der Waals surface area contributed by atoms with Crippen molar-refractivity contribution in [2.75, 3.05) is 6.61 Å². The van der Waals surface area contributed by atoms with Crippen LogP contribution in [0.4, 0.5) is 13.2 Å². The third-order valence-corrected chi connectivity index (χ3v) is 5.94. The Bertz CT molecular complexity index is 838. The maximum absolute atomic E-state index is 14.5. The first-order valence-electron chi connectivity index (χ1n) is 9.52. The minimum absolute atomic E-state index is 0.0512. The Morgan fingerprint density at radius 2 is 1.41 bits per heavy atom. The van der Waals surface area contributed by atoms with Gasteiger partial charge in [-0.2, -0.15) is 0 Å². The van der Waals surface area contributed by atoms with E-state index in [1.165, 1.54) is 6.07 Å². The fourth-order valence-electron chi connectivity index (χ4n) is 4.22. The van der Waals surface area contributed by atoms with Crippen LogP contribution in [0.5, 0.6) is 0 Å². The van der Waals surface area contributed by atoms with Crippen molar-refractivity contribution in [3.05, 3.63) is 70.0 Å². The maximum Gasteiger partial charge on any atom is 0.165 e. The zero-order valence-electron chi connectivity index (χ0n) is 15.2. The van der Waals surface area contributed by atoms with Gasteiger partial charge in [0, 0.05) is 5.56 Å². The molecule has 0 aromatic heterocycles. The number of aliphatic hydroxyl groups is 1. The van der Waals surface area contributed by atoms with Gasteiger partial charge in [-0.25, -0.2) is 13.2 Å². The Morgan fingerprint density at radius 3 is 1.96 bits per heavy atom. The summed E-state index contributed by atoms with van der Waals surface area (Å²) in [6.45, 7) is 2.05. The van der Waals surface area contributed by atoms with Gasteiger partial charge < -0.3 is 9.84 Å². The van der Waals surface area contributed by atoms with Crippen LogP contribution in [0.15, 0.2) is 30.3 Å². The van der Waals surface area contributed by atoms with Crippen molar-refractivity contribution in [1.82, 2.24) is 0 Å². The third kappa shape index (κ3) is 3.63. The molecule has 1 saturated heterocycles. The van der Waals surface area contributed by atoms with E-state index in [1.807, 2.05) is 0 Å². The lowest BCUT2D eigenvalue weighted by atomic mass is 9.75. The van der Waals surface area contributed by atoms with Gasteiger partial charge in [-0.1, -0.05) is 24.3 Å². The van der Waals surface area contributed by atoms with Crippen molar-refractivity contribution < 1.29 is 23.0 Å². The highest BCUT2D eigenvalue weighted by Crippen LogP contribution is 2.43. The minimum Gasteiger partial charge on any atom is -0.389 e. The first-order valence-corrected chi connectivity index (χ1v) is 9.52. The second-order valence-corrected chi connectivity index (χ2v) is 7.70. The summed E-state index contributed by atoms with van der Waals surface area (Å²) in [5.41, 5.74) is 1.92. The highest BCUT2D eigenvalue weighted by atomic mass is 19.2. The normalized spacial score (nSPS) is 26.0. The van der Waals surface area contributed by atoms with E-state index in [-0.39, 0.29) is 23.8 Å². The van der Waals surface area contributed by atoms with E-state index < -0.39 is 17.7 Å². The molecule has 5 heteroatoms. The van der Waals surface area contributed by atoms with E-state index in [4.69, 9.17) is 4.74 Å². The predicted octanol–water partition coefficient (Wildman–Crippen LogP) is 5.67. The predicted molar refractivity (Wildman–Crippen MR) is 96.0 cm³/mol. The molecule has 2 aromatic rings. The summed E-state index contributed by atoms with van der Waals surface area (Å²) in [6.07, 6.45) is 1.83. The van der Waals surface area contributed by atoms with Crippen LogP contribution in [0, 0.1) is 17.5 Å². The summed E-state index contributed by atoms with van der Waals surface area (Å²) in [7, 11) is 0. The summed E-state index contributed by atoms with van der Waals surface area (Å²) < 4.78 is 48.3. The highest BCUT2D eigenvalue weighted by Gasteiger charge is 2.32. The van der Waals surface area contributed by atoms with E-state index in [1.54, 1.807) is 31.2 Å². The molecule has 0 amide bonds. The first kappa shape index (κ1) is 18.5. The van der Waals surface area contributed by atoms with Crippen molar-refractivity contribution in [2.24, 2.45) is 0 Å². The number of hydrogen-bond donors (Lipinski definition) is 1. The molecule has 0 spiro atoms. The van der Waals surface area contributed by atoms with E-state index in [0.717, 1.165) is 12.8 Å². The van der Waals surface area contributed by atoms with Gasteiger partial charge in [0.05, 0.1) is 12.7 Å². The molecule has 4 rings (SSSR count). The largest absolute Gasteiger partial charge is 0.389 e. The van der Waals surface area contributed by atoms with Crippen LogP contribution in [0.2, 0.25) is 0 Å². The molecule has 2 atom stereocenters. The van der Waals surface area contributed by atoms with E-state index in [2.05, 4.69) is 0 Å². The standard InChI is InChI=1S/C22H23F3O2/c1-12(26)15-6-7-16(19(23)10-15)13-2-4-14(5-3-13)17-8-9-18(20-11-27-20)22(25)21(17)24/h6-10,12-14,20,26H,2-5,11H2,1H3. The summed E-state index contributed by atoms with van der Waals surface area (Å²) in [5.74, 6) is -1.85. The van der Waals surface area contributed by atoms with Crippen molar-refractivity contribution in [3.8, 4) is 0 Å². The van der Waals surface area contributed by atoms with Gasteiger partial charge in [-0.3, -0.25) is 0 Å². The molecule has 1 heterocycles. The van der Waals surface area contributed by atoms with E-state index in [9.17, 15) is 18.3 Å². The van der Waals surface area contributed by atoms with Gasteiger partial charge >= 0.3 is 0 Å².